The lowest BCUT2D eigenvalue weighted by Crippen LogP contribution is -2.47. The molecule has 5 nitrogen and oxygen atoms in total. The first-order valence-corrected chi connectivity index (χ1v) is 5.69. The second kappa shape index (κ2) is 6.25. The number of aliphatic hydroxyl groups is 1. The molecule has 0 saturated carbocycles. The van der Waals surface area contributed by atoms with Gasteiger partial charge in [-0.05, 0) is 13.0 Å². The molecule has 0 unspecified atom stereocenters. The predicted octanol–water partition coefficient (Wildman–Crippen LogP) is 1.21. The summed E-state index contributed by atoms with van der Waals surface area (Å²) in [6.45, 7) is 1.47. The van der Waals surface area contributed by atoms with Crippen molar-refractivity contribution in [2.24, 2.45) is 5.73 Å². The fourth-order valence-corrected chi connectivity index (χ4v) is 1.88. The largest absolute Gasteiger partial charge is 0.381 e. The van der Waals surface area contributed by atoms with Crippen molar-refractivity contribution in [2.75, 3.05) is 0 Å². The minimum absolute atomic E-state index is 0. The van der Waals surface area contributed by atoms with Gasteiger partial charge in [-0.3, -0.25) is 0 Å². The molecule has 110 valence electrons. The van der Waals surface area contributed by atoms with Crippen LogP contribution in [0.3, 0.4) is 0 Å². The number of halogens is 3. The molecule has 1 aromatic heterocycles. The highest BCUT2D eigenvalue weighted by Crippen LogP contribution is 2.28. The molecule has 0 aliphatic rings. The van der Waals surface area contributed by atoms with Crippen molar-refractivity contribution in [3.8, 4) is 0 Å². The fourth-order valence-electron chi connectivity index (χ4n) is 1.88. The van der Waals surface area contributed by atoms with Crippen LogP contribution in [0.5, 0.6) is 0 Å². The first-order chi connectivity index (χ1) is 8.93. The Hall–Kier alpha value is -1.57. The van der Waals surface area contributed by atoms with E-state index in [9.17, 15) is 13.9 Å². The molecule has 0 spiro atoms. The Bertz CT molecular complexity index is 565. The van der Waals surface area contributed by atoms with Gasteiger partial charge in [-0.1, -0.05) is 6.07 Å². The summed E-state index contributed by atoms with van der Waals surface area (Å²) >= 11 is 0. The maximum Gasteiger partial charge on any atom is 0.137 e. The highest BCUT2D eigenvalue weighted by molar-refractivity contribution is 5.85. The van der Waals surface area contributed by atoms with E-state index in [2.05, 4.69) is 10.1 Å². The van der Waals surface area contributed by atoms with E-state index in [0.29, 0.717) is 6.07 Å². The second-order valence-corrected chi connectivity index (χ2v) is 4.43. The van der Waals surface area contributed by atoms with Crippen LogP contribution in [0.4, 0.5) is 8.78 Å². The van der Waals surface area contributed by atoms with E-state index in [1.807, 2.05) is 0 Å². The van der Waals surface area contributed by atoms with Gasteiger partial charge in [-0.2, -0.15) is 5.10 Å². The average Bonchev–Trinajstić information content (AvgIpc) is 2.81. The fraction of sp³-hybridized carbons (Fsp3) is 0.333. The minimum Gasteiger partial charge on any atom is -0.381 e. The van der Waals surface area contributed by atoms with Crippen LogP contribution in [-0.4, -0.2) is 25.9 Å². The van der Waals surface area contributed by atoms with Gasteiger partial charge in [0.1, 0.15) is 29.9 Å². The van der Waals surface area contributed by atoms with Crippen molar-refractivity contribution in [1.82, 2.24) is 14.8 Å². The first-order valence-electron chi connectivity index (χ1n) is 5.69. The summed E-state index contributed by atoms with van der Waals surface area (Å²) in [5.74, 6) is -1.56. The number of nitrogens with zero attached hydrogens (tertiary/aromatic N) is 3. The number of benzene rings is 1. The monoisotopic (exact) mass is 304 g/mol. The third kappa shape index (κ3) is 3.12. The molecule has 0 saturated heterocycles. The molecule has 0 aliphatic carbocycles. The molecule has 0 amide bonds. The van der Waals surface area contributed by atoms with Crippen LogP contribution in [0.25, 0.3) is 0 Å². The van der Waals surface area contributed by atoms with E-state index in [1.54, 1.807) is 6.92 Å². The number of hydrogen-bond donors (Lipinski definition) is 2. The summed E-state index contributed by atoms with van der Waals surface area (Å²) in [5, 5.41) is 14.5. The van der Waals surface area contributed by atoms with Crippen LogP contribution < -0.4 is 5.73 Å². The average molecular weight is 305 g/mol. The van der Waals surface area contributed by atoms with Gasteiger partial charge in [0.15, 0.2) is 0 Å². The molecule has 0 bridgehead atoms. The Labute approximate surface area is 120 Å². The van der Waals surface area contributed by atoms with E-state index in [4.69, 9.17) is 5.73 Å². The zero-order chi connectivity index (χ0) is 14.0. The van der Waals surface area contributed by atoms with E-state index in [0.717, 1.165) is 6.07 Å². The van der Waals surface area contributed by atoms with Gasteiger partial charge >= 0.3 is 0 Å². The lowest BCUT2D eigenvalue weighted by Gasteiger charge is -2.32. The summed E-state index contributed by atoms with van der Waals surface area (Å²) in [6.07, 6.45) is 2.68. The summed E-state index contributed by atoms with van der Waals surface area (Å²) < 4.78 is 28.1. The highest BCUT2D eigenvalue weighted by atomic mass is 35.5. The minimum atomic E-state index is -1.70. The van der Waals surface area contributed by atoms with Crippen molar-refractivity contribution in [1.29, 1.82) is 0 Å². The molecular formula is C12H15ClF2N4O. The zero-order valence-electron chi connectivity index (χ0n) is 10.7. The number of nitrogens with two attached hydrogens (primary N) is 1. The number of hydrogen-bond acceptors (Lipinski definition) is 4. The maximum absolute atomic E-state index is 13.8. The van der Waals surface area contributed by atoms with Gasteiger partial charge < -0.3 is 10.8 Å². The van der Waals surface area contributed by atoms with Gasteiger partial charge in [0.25, 0.3) is 0 Å². The molecule has 2 atom stereocenters. The Morgan fingerprint density at radius 1 is 1.45 bits per heavy atom. The van der Waals surface area contributed by atoms with Gasteiger partial charge in [-0.15, -0.1) is 12.4 Å². The van der Waals surface area contributed by atoms with Crippen molar-refractivity contribution < 1.29 is 13.9 Å². The maximum atomic E-state index is 13.8. The summed E-state index contributed by atoms with van der Waals surface area (Å²) in [5.41, 5.74) is 3.98. The predicted molar refractivity (Wildman–Crippen MR) is 71.2 cm³/mol. The number of rotatable bonds is 4. The standard InChI is InChI=1S/C12H14F2N4O.ClH/c1-8(15)12(19,5-18-7-16-6-17-18)10-3-2-9(13)4-11(10)14;/h2-4,6-8,19H,5,15H2,1H3;1H/t8-,12-;/m1./s1. The molecule has 8 heteroatoms. The van der Waals surface area contributed by atoms with Gasteiger partial charge in [-0.25, -0.2) is 18.4 Å². The molecule has 3 N–H and O–H groups in total. The Kier molecular flexibility index (Phi) is 5.15. The smallest absolute Gasteiger partial charge is 0.137 e. The zero-order valence-corrected chi connectivity index (χ0v) is 11.5. The number of aromatic nitrogens is 3. The van der Waals surface area contributed by atoms with Crippen LogP contribution >= 0.6 is 12.4 Å². The van der Waals surface area contributed by atoms with Gasteiger partial charge in [0.2, 0.25) is 0 Å². The third-order valence-corrected chi connectivity index (χ3v) is 3.02. The lowest BCUT2D eigenvalue weighted by molar-refractivity contribution is -0.00856. The Morgan fingerprint density at radius 2 is 2.15 bits per heavy atom. The van der Waals surface area contributed by atoms with Gasteiger partial charge in [0, 0.05) is 17.7 Å². The van der Waals surface area contributed by atoms with Crippen LogP contribution in [0.2, 0.25) is 0 Å². The van der Waals surface area contributed by atoms with Crippen LogP contribution in [0.1, 0.15) is 12.5 Å². The normalized spacial score (nSPS) is 15.2. The molecule has 20 heavy (non-hydrogen) atoms. The van der Waals surface area contributed by atoms with Crippen molar-refractivity contribution in [2.45, 2.75) is 25.1 Å². The van der Waals surface area contributed by atoms with Crippen molar-refractivity contribution >= 4 is 12.4 Å². The first kappa shape index (κ1) is 16.5. The Morgan fingerprint density at radius 3 is 2.65 bits per heavy atom. The van der Waals surface area contributed by atoms with E-state index >= 15 is 0 Å². The SMILES string of the molecule is C[C@@H](N)[C@](O)(Cn1cncn1)c1ccc(F)cc1F.Cl. The Balaban J connectivity index is 0.00000200. The second-order valence-electron chi connectivity index (χ2n) is 4.43. The van der Waals surface area contributed by atoms with Crippen LogP contribution in [0.15, 0.2) is 30.9 Å². The molecule has 2 rings (SSSR count). The molecule has 1 heterocycles. The van der Waals surface area contributed by atoms with Crippen molar-refractivity contribution in [3.05, 3.63) is 48.1 Å². The lowest BCUT2D eigenvalue weighted by atomic mass is 9.87. The summed E-state index contributed by atoms with van der Waals surface area (Å²) in [4.78, 5) is 3.74. The molecule has 0 fully saturated rings. The third-order valence-electron chi connectivity index (χ3n) is 3.02. The van der Waals surface area contributed by atoms with Crippen molar-refractivity contribution in [3.63, 3.8) is 0 Å². The van der Waals surface area contributed by atoms with E-state index < -0.39 is 23.3 Å². The molecular weight excluding hydrogens is 290 g/mol. The van der Waals surface area contributed by atoms with Crippen LogP contribution in [-0.2, 0) is 12.1 Å². The molecule has 2 aromatic rings. The molecule has 0 aliphatic heterocycles. The quantitative estimate of drug-likeness (QED) is 0.890. The summed E-state index contributed by atoms with van der Waals surface area (Å²) in [6, 6.07) is 2.19. The molecule has 1 aromatic carbocycles. The van der Waals surface area contributed by atoms with E-state index in [-0.39, 0.29) is 24.5 Å². The van der Waals surface area contributed by atoms with Gasteiger partial charge in [0.05, 0.1) is 6.54 Å². The van der Waals surface area contributed by atoms with E-state index in [1.165, 1.54) is 23.4 Å². The molecule has 0 radical (unpaired) electrons. The topological polar surface area (TPSA) is 77.0 Å². The summed E-state index contributed by atoms with van der Waals surface area (Å²) in [7, 11) is 0. The van der Waals surface area contributed by atoms with Crippen LogP contribution in [0, 0.1) is 11.6 Å². The highest BCUT2D eigenvalue weighted by Gasteiger charge is 2.37.